The minimum Gasteiger partial charge on any atom is -0.397 e. The topological polar surface area (TPSA) is 55.1 Å². The van der Waals surface area contributed by atoms with E-state index in [0.717, 1.165) is 21.2 Å². The molecule has 1 amide bonds. The lowest BCUT2D eigenvalue weighted by Crippen LogP contribution is -2.13. The summed E-state index contributed by atoms with van der Waals surface area (Å²) in [5.74, 6) is -0.157. The summed E-state index contributed by atoms with van der Waals surface area (Å²) in [4.78, 5) is 12.2. The van der Waals surface area contributed by atoms with Crippen molar-refractivity contribution in [2.45, 2.75) is 20.8 Å². The number of nitrogens with one attached hydrogen (secondary N) is 1. The van der Waals surface area contributed by atoms with Gasteiger partial charge in [0.25, 0.3) is 5.91 Å². The second-order valence-corrected chi connectivity index (χ2v) is 5.80. The number of nitrogen functional groups attached to an aromatic ring is 1. The van der Waals surface area contributed by atoms with Gasteiger partial charge in [-0.3, -0.25) is 4.79 Å². The number of anilines is 2. The highest BCUT2D eigenvalue weighted by Gasteiger charge is 2.10. The maximum atomic E-state index is 12.2. The number of carbonyl (C=O) groups is 1. The van der Waals surface area contributed by atoms with Gasteiger partial charge in [0.05, 0.1) is 11.4 Å². The molecule has 0 unspecified atom stereocenters. The number of carbonyl (C=O) groups excluding carboxylic acids is 1. The second kappa shape index (κ2) is 5.67. The van der Waals surface area contributed by atoms with Crippen molar-refractivity contribution < 1.29 is 4.79 Å². The van der Waals surface area contributed by atoms with Crippen LogP contribution in [-0.2, 0) is 0 Å². The van der Waals surface area contributed by atoms with E-state index in [1.165, 1.54) is 0 Å². The standard InChI is InChI=1S/C16H17BrN2O/c1-9-7-14(18)15(8-10(9)2)19-16(20)12-4-5-13(17)11(3)6-12/h4-8H,18H2,1-3H3,(H,19,20). The van der Waals surface area contributed by atoms with E-state index in [4.69, 9.17) is 5.73 Å². The molecule has 0 radical (unpaired) electrons. The van der Waals surface area contributed by atoms with Crippen molar-refractivity contribution >= 4 is 33.2 Å². The summed E-state index contributed by atoms with van der Waals surface area (Å²) in [5, 5.41) is 2.86. The quantitative estimate of drug-likeness (QED) is 0.809. The average Bonchev–Trinajstić information content (AvgIpc) is 2.39. The molecule has 3 N–H and O–H groups in total. The molecule has 2 aromatic rings. The van der Waals surface area contributed by atoms with Gasteiger partial charge in [-0.2, -0.15) is 0 Å². The van der Waals surface area contributed by atoms with E-state index in [9.17, 15) is 4.79 Å². The molecule has 0 saturated carbocycles. The summed E-state index contributed by atoms with van der Waals surface area (Å²) in [6.45, 7) is 5.94. The molecule has 0 saturated heterocycles. The third kappa shape index (κ3) is 3.02. The Labute approximate surface area is 127 Å². The van der Waals surface area contributed by atoms with Crippen LogP contribution < -0.4 is 11.1 Å². The van der Waals surface area contributed by atoms with Crippen LogP contribution >= 0.6 is 15.9 Å². The van der Waals surface area contributed by atoms with Crippen molar-refractivity contribution in [2.24, 2.45) is 0 Å². The smallest absolute Gasteiger partial charge is 0.255 e. The minimum atomic E-state index is -0.157. The van der Waals surface area contributed by atoms with Crippen LogP contribution in [0.5, 0.6) is 0 Å². The zero-order valence-electron chi connectivity index (χ0n) is 11.8. The number of amides is 1. The van der Waals surface area contributed by atoms with Gasteiger partial charge in [0.1, 0.15) is 0 Å². The predicted octanol–water partition coefficient (Wildman–Crippen LogP) is 4.21. The minimum absolute atomic E-state index is 0.157. The first-order chi connectivity index (χ1) is 9.38. The van der Waals surface area contributed by atoms with Crippen molar-refractivity contribution in [2.75, 3.05) is 11.1 Å². The summed E-state index contributed by atoms with van der Waals surface area (Å²) in [6.07, 6.45) is 0. The van der Waals surface area contributed by atoms with Crippen LogP contribution in [0.3, 0.4) is 0 Å². The van der Waals surface area contributed by atoms with E-state index in [-0.39, 0.29) is 5.91 Å². The molecule has 0 bridgehead atoms. The summed E-state index contributed by atoms with van der Waals surface area (Å²) >= 11 is 3.42. The molecule has 20 heavy (non-hydrogen) atoms. The van der Waals surface area contributed by atoms with E-state index in [0.29, 0.717) is 16.9 Å². The number of benzene rings is 2. The number of hydrogen-bond acceptors (Lipinski definition) is 2. The Balaban J connectivity index is 2.27. The zero-order valence-corrected chi connectivity index (χ0v) is 13.3. The van der Waals surface area contributed by atoms with Gasteiger partial charge >= 0.3 is 0 Å². The number of halogens is 1. The van der Waals surface area contributed by atoms with Crippen LogP contribution in [0.25, 0.3) is 0 Å². The van der Waals surface area contributed by atoms with Gasteiger partial charge in [0.15, 0.2) is 0 Å². The van der Waals surface area contributed by atoms with Gasteiger partial charge in [-0.25, -0.2) is 0 Å². The summed E-state index contributed by atoms with van der Waals surface area (Å²) in [5.41, 5.74) is 11.0. The normalized spacial score (nSPS) is 10.4. The third-order valence-corrected chi connectivity index (χ3v) is 4.22. The van der Waals surface area contributed by atoms with Crippen LogP contribution in [0, 0.1) is 20.8 Å². The molecule has 104 valence electrons. The van der Waals surface area contributed by atoms with Crippen LogP contribution in [-0.4, -0.2) is 5.91 Å². The van der Waals surface area contributed by atoms with E-state index in [2.05, 4.69) is 21.2 Å². The molecule has 0 fully saturated rings. The molecule has 0 atom stereocenters. The fraction of sp³-hybridized carbons (Fsp3) is 0.188. The number of nitrogens with two attached hydrogens (primary N) is 1. The van der Waals surface area contributed by atoms with E-state index >= 15 is 0 Å². The van der Waals surface area contributed by atoms with Crippen LogP contribution in [0.1, 0.15) is 27.0 Å². The van der Waals surface area contributed by atoms with Crippen molar-refractivity contribution in [3.63, 3.8) is 0 Å². The first-order valence-electron chi connectivity index (χ1n) is 6.32. The maximum absolute atomic E-state index is 12.2. The Morgan fingerprint density at radius 1 is 1.05 bits per heavy atom. The second-order valence-electron chi connectivity index (χ2n) is 4.94. The zero-order chi connectivity index (χ0) is 14.9. The Hall–Kier alpha value is -1.81. The lowest BCUT2D eigenvalue weighted by Gasteiger charge is -2.11. The first-order valence-corrected chi connectivity index (χ1v) is 7.12. The Bertz CT molecular complexity index is 680. The molecule has 3 nitrogen and oxygen atoms in total. The third-order valence-electron chi connectivity index (χ3n) is 3.33. The van der Waals surface area contributed by atoms with Crippen LogP contribution in [0.4, 0.5) is 11.4 Å². The molecule has 4 heteroatoms. The fourth-order valence-electron chi connectivity index (χ4n) is 1.93. The molecule has 0 aliphatic heterocycles. The molecular formula is C16H17BrN2O. The molecule has 2 rings (SSSR count). The van der Waals surface area contributed by atoms with Gasteiger partial charge < -0.3 is 11.1 Å². The molecular weight excluding hydrogens is 316 g/mol. The molecule has 0 aliphatic rings. The van der Waals surface area contributed by atoms with Crippen LogP contribution in [0.15, 0.2) is 34.8 Å². The van der Waals surface area contributed by atoms with Gasteiger partial charge in [0, 0.05) is 10.0 Å². The summed E-state index contributed by atoms with van der Waals surface area (Å²) < 4.78 is 0.986. The van der Waals surface area contributed by atoms with Crippen LogP contribution in [0.2, 0.25) is 0 Å². The van der Waals surface area contributed by atoms with Gasteiger partial charge in [-0.1, -0.05) is 15.9 Å². The Kier molecular flexibility index (Phi) is 4.14. The highest BCUT2D eigenvalue weighted by atomic mass is 79.9. The molecule has 2 aromatic carbocycles. The summed E-state index contributed by atoms with van der Waals surface area (Å²) in [6, 6.07) is 9.26. The maximum Gasteiger partial charge on any atom is 0.255 e. The number of aryl methyl sites for hydroxylation is 3. The molecule has 0 aliphatic carbocycles. The van der Waals surface area contributed by atoms with Crippen molar-refractivity contribution in [1.82, 2.24) is 0 Å². The first kappa shape index (κ1) is 14.6. The Morgan fingerprint density at radius 3 is 2.35 bits per heavy atom. The van der Waals surface area contributed by atoms with Crippen molar-refractivity contribution in [3.8, 4) is 0 Å². The largest absolute Gasteiger partial charge is 0.397 e. The number of rotatable bonds is 2. The van der Waals surface area contributed by atoms with Crippen molar-refractivity contribution in [3.05, 3.63) is 57.1 Å². The average molecular weight is 333 g/mol. The number of hydrogen-bond donors (Lipinski definition) is 2. The van der Waals surface area contributed by atoms with Gasteiger partial charge in [0.2, 0.25) is 0 Å². The highest BCUT2D eigenvalue weighted by Crippen LogP contribution is 2.24. The lowest BCUT2D eigenvalue weighted by molar-refractivity contribution is 0.102. The Morgan fingerprint density at radius 2 is 1.70 bits per heavy atom. The van der Waals surface area contributed by atoms with E-state index in [1.54, 1.807) is 6.07 Å². The van der Waals surface area contributed by atoms with Gasteiger partial charge in [-0.05, 0) is 67.8 Å². The molecule has 0 spiro atoms. The predicted molar refractivity (Wildman–Crippen MR) is 87.2 cm³/mol. The van der Waals surface area contributed by atoms with Crippen molar-refractivity contribution in [1.29, 1.82) is 0 Å². The SMILES string of the molecule is Cc1cc(N)c(NC(=O)c2ccc(Br)c(C)c2)cc1C. The van der Waals surface area contributed by atoms with E-state index < -0.39 is 0 Å². The van der Waals surface area contributed by atoms with Gasteiger partial charge in [-0.15, -0.1) is 0 Å². The fourth-order valence-corrected chi connectivity index (χ4v) is 2.17. The highest BCUT2D eigenvalue weighted by molar-refractivity contribution is 9.10. The summed E-state index contributed by atoms with van der Waals surface area (Å²) in [7, 11) is 0. The monoisotopic (exact) mass is 332 g/mol. The lowest BCUT2D eigenvalue weighted by atomic mass is 10.1. The molecule has 0 heterocycles. The molecule has 0 aromatic heterocycles. The van der Waals surface area contributed by atoms with E-state index in [1.807, 2.05) is 45.0 Å².